The van der Waals surface area contributed by atoms with Crippen LogP contribution < -0.4 is 15.2 Å². The lowest BCUT2D eigenvalue weighted by atomic mass is 10.2. The molecule has 2 aromatic rings. The molecule has 0 unspecified atom stereocenters. The highest BCUT2D eigenvalue weighted by molar-refractivity contribution is 5.48. The maximum Gasteiger partial charge on any atom is 0.219 e. The molecule has 19 heavy (non-hydrogen) atoms. The van der Waals surface area contributed by atoms with Crippen LogP contribution in [0.3, 0.4) is 0 Å². The number of aryl methyl sites for hydroxylation is 1. The molecule has 5 nitrogen and oxygen atoms in total. The van der Waals surface area contributed by atoms with Gasteiger partial charge in [-0.05, 0) is 30.2 Å². The maximum absolute atomic E-state index is 9.08. The number of pyridine rings is 1. The number of benzene rings is 1. The van der Waals surface area contributed by atoms with Crippen molar-refractivity contribution >= 4 is 5.69 Å². The van der Waals surface area contributed by atoms with Crippen molar-refractivity contribution in [2.45, 2.75) is 13.5 Å². The van der Waals surface area contributed by atoms with Crippen molar-refractivity contribution < 1.29 is 14.6 Å². The fraction of sp³-hybridized carbons (Fsp3) is 0.214. The van der Waals surface area contributed by atoms with Crippen LogP contribution in [-0.2, 0) is 6.61 Å². The molecule has 0 aliphatic carbocycles. The van der Waals surface area contributed by atoms with E-state index >= 15 is 0 Å². The van der Waals surface area contributed by atoms with E-state index in [1.807, 2.05) is 6.92 Å². The molecule has 100 valence electrons. The van der Waals surface area contributed by atoms with Gasteiger partial charge >= 0.3 is 0 Å². The second-order valence-electron chi connectivity index (χ2n) is 4.12. The molecule has 0 radical (unpaired) electrons. The van der Waals surface area contributed by atoms with Crippen LogP contribution in [0.2, 0.25) is 0 Å². The third kappa shape index (κ3) is 2.95. The van der Waals surface area contributed by atoms with E-state index in [4.69, 9.17) is 20.3 Å². The SMILES string of the molecule is COc1cc(CO)ccc1Oc1cc(C)c(N)cn1. The lowest BCUT2D eigenvalue weighted by Gasteiger charge is -2.11. The van der Waals surface area contributed by atoms with Crippen LogP contribution in [0.15, 0.2) is 30.5 Å². The van der Waals surface area contributed by atoms with Crippen molar-refractivity contribution in [1.29, 1.82) is 0 Å². The average molecular weight is 260 g/mol. The van der Waals surface area contributed by atoms with Crippen LogP contribution in [0.4, 0.5) is 5.69 Å². The minimum absolute atomic E-state index is 0.0458. The molecule has 0 amide bonds. The molecule has 1 aromatic carbocycles. The predicted molar refractivity (Wildman–Crippen MR) is 72.4 cm³/mol. The monoisotopic (exact) mass is 260 g/mol. The number of anilines is 1. The number of aliphatic hydroxyl groups excluding tert-OH is 1. The van der Waals surface area contributed by atoms with Crippen LogP contribution >= 0.6 is 0 Å². The van der Waals surface area contributed by atoms with E-state index in [1.54, 1.807) is 37.6 Å². The summed E-state index contributed by atoms with van der Waals surface area (Å²) in [7, 11) is 1.55. The second kappa shape index (κ2) is 5.58. The summed E-state index contributed by atoms with van der Waals surface area (Å²) in [5.41, 5.74) is 7.98. The summed E-state index contributed by atoms with van der Waals surface area (Å²) in [6, 6.07) is 6.98. The van der Waals surface area contributed by atoms with E-state index in [2.05, 4.69) is 4.98 Å². The van der Waals surface area contributed by atoms with Crippen molar-refractivity contribution in [3.05, 3.63) is 41.6 Å². The van der Waals surface area contributed by atoms with Crippen LogP contribution in [-0.4, -0.2) is 17.2 Å². The number of hydrogen-bond acceptors (Lipinski definition) is 5. The lowest BCUT2D eigenvalue weighted by Crippen LogP contribution is -1.96. The van der Waals surface area contributed by atoms with Crippen LogP contribution in [0.1, 0.15) is 11.1 Å². The first-order chi connectivity index (χ1) is 9.13. The highest BCUT2D eigenvalue weighted by Crippen LogP contribution is 2.32. The van der Waals surface area contributed by atoms with Gasteiger partial charge in [-0.25, -0.2) is 4.98 Å². The molecular formula is C14H16N2O3. The summed E-state index contributed by atoms with van der Waals surface area (Å²) < 4.78 is 10.9. The van der Waals surface area contributed by atoms with Gasteiger partial charge in [0.25, 0.3) is 0 Å². The van der Waals surface area contributed by atoms with Gasteiger partial charge in [0.2, 0.25) is 5.88 Å². The molecule has 0 aliphatic heterocycles. The van der Waals surface area contributed by atoms with Crippen molar-refractivity contribution in [1.82, 2.24) is 4.98 Å². The van der Waals surface area contributed by atoms with E-state index in [0.717, 1.165) is 11.1 Å². The molecule has 0 aliphatic rings. The first-order valence-corrected chi connectivity index (χ1v) is 5.81. The number of methoxy groups -OCH3 is 1. The van der Waals surface area contributed by atoms with Gasteiger partial charge in [-0.2, -0.15) is 0 Å². The number of nitrogen functional groups attached to an aromatic ring is 1. The number of aromatic nitrogens is 1. The number of aliphatic hydroxyl groups is 1. The highest BCUT2D eigenvalue weighted by Gasteiger charge is 2.08. The summed E-state index contributed by atoms with van der Waals surface area (Å²) in [4.78, 5) is 4.10. The Morgan fingerprint density at radius 1 is 1.26 bits per heavy atom. The van der Waals surface area contributed by atoms with Crippen molar-refractivity contribution in [3.63, 3.8) is 0 Å². The Bertz CT molecular complexity index is 585. The normalized spacial score (nSPS) is 10.3. The van der Waals surface area contributed by atoms with Crippen molar-refractivity contribution in [3.8, 4) is 17.4 Å². The zero-order chi connectivity index (χ0) is 13.8. The molecule has 0 bridgehead atoms. The Hall–Kier alpha value is -2.27. The van der Waals surface area contributed by atoms with E-state index < -0.39 is 0 Å². The van der Waals surface area contributed by atoms with Gasteiger partial charge in [0.05, 0.1) is 25.6 Å². The van der Waals surface area contributed by atoms with Crippen LogP contribution in [0.5, 0.6) is 17.4 Å². The second-order valence-corrected chi connectivity index (χ2v) is 4.12. The molecule has 0 saturated heterocycles. The Labute approximate surface area is 111 Å². The van der Waals surface area contributed by atoms with Gasteiger partial charge in [0.15, 0.2) is 11.5 Å². The zero-order valence-corrected chi connectivity index (χ0v) is 10.9. The van der Waals surface area contributed by atoms with Crippen molar-refractivity contribution in [2.24, 2.45) is 0 Å². The number of rotatable bonds is 4. The Balaban J connectivity index is 2.29. The molecule has 0 atom stereocenters. The molecule has 1 heterocycles. The summed E-state index contributed by atoms with van der Waals surface area (Å²) in [5, 5.41) is 9.08. The number of nitrogens with zero attached hydrogens (tertiary/aromatic N) is 1. The van der Waals surface area contributed by atoms with E-state index in [9.17, 15) is 0 Å². The van der Waals surface area contributed by atoms with Crippen molar-refractivity contribution in [2.75, 3.05) is 12.8 Å². The highest BCUT2D eigenvalue weighted by atomic mass is 16.5. The van der Waals surface area contributed by atoms with Gasteiger partial charge in [0.1, 0.15) is 0 Å². The fourth-order valence-corrected chi connectivity index (χ4v) is 1.60. The molecule has 5 heteroatoms. The van der Waals surface area contributed by atoms with Gasteiger partial charge in [0, 0.05) is 6.07 Å². The minimum Gasteiger partial charge on any atom is -0.493 e. The molecular weight excluding hydrogens is 244 g/mol. The first kappa shape index (κ1) is 13.2. The zero-order valence-electron chi connectivity index (χ0n) is 10.9. The third-order valence-electron chi connectivity index (χ3n) is 2.75. The topological polar surface area (TPSA) is 77.6 Å². The number of hydrogen-bond donors (Lipinski definition) is 2. The lowest BCUT2D eigenvalue weighted by molar-refractivity contribution is 0.280. The summed E-state index contributed by atoms with van der Waals surface area (Å²) in [5.74, 6) is 1.53. The largest absolute Gasteiger partial charge is 0.493 e. The van der Waals surface area contributed by atoms with Gasteiger partial charge < -0.3 is 20.3 Å². The Morgan fingerprint density at radius 3 is 2.68 bits per heavy atom. The molecule has 0 spiro atoms. The standard InChI is InChI=1S/C14H16N2O3/c1-9-5-14(16-7-11(9)15)19-12-4-3-10(8-17)6-13(12)18-2/h3-7,17H,8,15H2,1-2H3. The first-order valence-electron chi connectivity index (χ1n) is 5.81. The Kier molecular flexibility index (Phi) is 3.87. The number of ether oxygens (including phenoxy) is 2. The minimum atomic E-state index is -0.0458. The number of nitrogens with two attached hydrogens (primary N) is 1. The molecule has 3 N–H and O–H groups in total. The molecule has 0 saturated carbocycles. The average Bonchev–Trinajstić information content (AvgIpc) is 2.43. The molecule has 0 fully saturated rings. The van der Waals surface area contributed by atoms with Gasteiger partial charge in [-0.15, -0.1) is 0 Å². The maximum atomic E-state index is 9.08. The quantitative estimate of drug-likeness (QED) is 0.881. The predicted octanol–water partition coefficient (Wildman–Crippen LogP) is 2.27. The summed E-state index contributed by atoms with van der Waals surface area (Å²) >= 11 is 0. The summed E-state index contributed by atoms with van der Waals surface area (Å²) in [6.07, 6.45) is 1.55. The van der Waals surface area contributed by atoms with E-state index in [0.29, 0.717) is 23.1 Å². The van der Waals surface area contributed by atoms with Crippen LogP contribution in [0, 0.1) is 6.92 Å². The van der Waals surface area contributed by atoms with Crippen LogP contribution in [0.25, 0.3) is 0 Å². The fourth-order valence-electron chi connectivity index (χ4n) is 1.60. The van der Waals surface area contributed by atoms with E-state index in [-0.39, 0.29) is 6.61 Å². The molecule has 2 rings (SSSR count). The van der Waals surface area contributed by atoms with Gasteiger partial charge in [-0.3, -0.25) is 0 Å². The third-order valence-corrected chi connectivity index (χ3v) is 2.75. The van der Waals surface area contributed by atoms with E-state index in [1.165, 1.54) is 0 Å². The smallest absolute Gasteiger partial charge is 0.219 e. The summed E-state index contributed by atoms with van der Waals surface area (Å²) in [6.45, 7) is 1.84. The Morgan fingerprint density at radius 2 is 2.05 bits per heavy atom. The van der Waals surface area contributed by atoms with Gasteiger partial charge in [-0.1, -0.05) is 6.07 Å². The molecule has 1 aromatic heterocycles.